The average Bonchev–Trinajstić information content (AvgIpc) is 2.80. The smallest absolute Gasteiger partial charge is 0.264 e. The van der Waals surface area contributed by atoms with Gasteiger partial charge in [0.05, 0.1) is 4.88 Å². The first-order valence-corrected chi connectivity index (χ1v) is 7.17. The maximum Gasteiger partial charge on any atom is 0.264 e. The van der Waals surface area contributed by atoms with Crippen molar-refractivity contribution >= 4 is 27.3 Å². The fourth-order valence-electron chi connectivity index (χ4n) is 2.39. The van der Waals surface area contributed by atoms with Gasteiger partial charge in [-0.2, -0.15) is 0 Å². The Hall–Kier alpha value is -1.46. The van der Waals surface area contributed by atoms with Crippen molar-refractivity contribution in [1.82, 2.24) is 10.2 Å². The number of piperazine rings is 1. The minimum atomic E-state index is -0.264. The molecule has 1 aromatic carbocycles. The molecule has 0 radical (unpaired) electrons. The predicted molar refractivity (Wildman–Crippen MR) is 75.2 cm³/mol. The first-order valence-electron chi connectivity index (χ1n) is 6.35. The van der Waals surface area contributed by atoms with Gasteiger partial charge >= 0.3 is 0 Å². The van der Waals surface area contributed by atoms with Crippen molar-refractivity contribution in [3.05, 3.63) is 35.0 Å². The van der Waals surface area contributed by atoms with Crippen molar-refractivity contribution in [2.45, 2.75) is 13.0 Å². The van der Waals surface area contributed by atoms with Gasteiger partial charge in [-0.3, -0.25) is 4.79 Å². The molecule has 3 nitrogen and oxygen atoms in total. The van der Waals surface area contributed by atoms with Crippen LogP contribution in [0, 0.1) is 5.82 Å². The molecule has 5 heteroatoms. The van der Waals surface area contributed by atoms with Gasteiger partial charge < -0.3 is 10.2 Å². The number of benzene rings is 1. The molecule has 3 rings (SSSR count). The lowest BCUT2D eigenvalue weighted by Gasteiger charge is -2.31. The molecule has 1 N–H and O–H groups in total. The van der Waals surface area contributed by atoms with Gasteiger partial charge in [0.1, 0.15) is 5.82 Å². The molecule has 1 atom stereocenters. The molecule has 0 bridgehead atoms. The Morgan fingerprint density at radius 2 is 2.32 bits per heavy atom. The lowest BCUT2D eigenvalue weighted by Crippen LogP contribution is -2.51. The summed E-state index contributed by atoms with van der Waals surface area (Å²) in [5.74, 6) is -0.213. The highest BCUT2D eigenvalue weighted by atomic mass is 32.1. The molecule has 1 fully saturated rings. The van der Waals surface area contributed by atoms with Crippen LogP contribution >= 0.6 is 11.3 Å². The van der Waals surface area contributed by atoms with E-state index < -0.39 is 0 Å². The molecule has 1 amide bonds. The van der Waals surface area contributed by atoms with E-state index in [1.54, 1.807) is 12.1 Å². The summed E-state index contributed by atoms with van der Waals surface area (Å²) >= 11 is 1.43. The number of rotatable bonds is 1. The maximum atomic E-state index is 13.2. The Morgan fingerprint density at radius 3 is 3.11 bits per heavy atom. The Kier molecular flexibility index (Phi) is 3.24. The van der Waals surface area contributed by atoms with Crippen molar-refractivity contribution in [2.24, 2.45) is 0 Å². The maximum absolute atomic E-state index is 13.2. The summed E-state index contributed by atoms with van der Waals surface area (Å²) in [5.41, 5.74) is 0. The van der Waals surface area contributed by atoms with Crippen LogP contribution < -0.4 is 5.32 Å². The summed E-state index contributed by atoms with van der Waals surface area (Å²) in [7, 11) is 0. The second-order valence-corrected chi connectivity index (χ2v) is 5.98. The van der Waals surface area contributed by atoms with Crippen LogP contribution in [0.4, 0.5) is 4.39 Å². The number of carbonyl (C=O) groups is 1. The zero-order valence-corrected chi connectivity index (χ0v) is 11.5. The van der Waals surface area contributed by atoms with Crippen LogP contribution in [0.1, 0.15) is 16.6 Å². The van der Waals surface area contributed by atoms with Gasteiger partial charge in [0.2, 0.25) is 0 Å². The van der Waals surface area contributed by atoms with Crippen LogP contribution in [0.5, 0.6) is 0 Å². The third-order valence-electron chi connectivity index (χ3n) is 3.35. The van der Waals surface area contributed by atoms with Gasteiger partial charge in [-0.15, -0.1) is 11.3 Å². The zero-order valence-electron chi connectivity index (χ0n) is 10.6. The molecular weight excluding hydrogens is 263 g/mol. The van der Waals surface area contributed by atoms with E-state index in [2.05, 4.69) is 12.2 Å². The SMILES string of the molecule is CC1CN(C(=O)c2cc3cc(F)ccc3s2)CCN1. The highest BCUT2D eigenvalue weighted by molar-refractivity contribution is 7.20. The molecule has 100 valence electrons. The number of fused-ring (bicyclic) bond motifs is 1. The highest BCUT2D eigenvalue weighted by Gasteiger charge is 2.23. The third-order valence-corrected chi connectivity index (χ3v) is 4.45. The van der Waals surface area contributed by atoms with Crippen molar-refractivity contribution in [3.63, 3.8) is 0 Å². The van der Waals surface area contributed by atoms with Gasteiger partial charge in [-0.1, -0.05) is 0 Å². The van der Waals surface area contributed by atoms with Crippen molar-refractivity contribution in [1.29, 1.82) is 0 Å². The summed E-state index contributed by atoms with van der Waals surface area (Å²) in [4.78, 5) is 15.0. The van der Waals surface area contributed by atoms with Gasteiger partial charge in [-0.05, 0) is 36.6 Å². The number of amides is 1. The molecule has 0 saturated carbocycles. The lowest BCUT2D eigenvalue weighted by atomic mass is 10.2. The van der Waals surface area contributed by atoms with Gasteiger partial charge in [0, 0.05) is 30.4 Å². The van der Waals surface area contributed by atoms with Crippen LogP contribution in [0.3, 0.4) is 0 Å². The van der Waals surface area contributed by atoms with E-state index in [4.69, 9.17) is 0 Å². The van der Waals surface area contributed by atoms with Crippen molar-refractivity contribution < 1.29 is 9.18 Å². The van der Waals surface area contributed by atoms with Gasteiger partial charge in [0.25, 0.3) is 5.91 Å². The van der Waals surface area contributed by atoms with Crippen LogP contribution in [0.15, 0.2) is 24.3 Å². The Morgan fingerprint density at radius 1 is 1.47 bits per heavy atom. The van der Waals surface area contributed by atoms with E-state index in [1.165, 1.54) is 23.5 Å². The number of thiophene rings is 1. The predicted octanol–water partition coefficient (Wildman–Crippen LogP) is 2.47. The number of carbonyl (C=O) groups excluding carboxylic acids is 1. The molecule has 0 spiro atoms. The van der Waals surface area contributed by atoms with E-state index in [1.807, 2.05) is 4.90 Å². The Balaban J connectivity index is 1.88. The molecule has 1 aromatic heterocycles. The molecule has 19 heavy (non-hydrogen) atoms. The zero-order chi connectivity index (χ0) is 13.4. The van der Waals surface area contributed by atoms with Gasteiger partial charge in [-0.25, -0.2) is 4.39 Å². The minimum absolute atomic E-state index is 0.0509. The third kappa shape index (κ3) is 2.48. The average molecular weight is 278 g/mol. The summed E-state index contributed by atoms with van der Waals surface area (Å²) in [5, 5.41) is 4.11. The summed E-state index contributed by atoms with van der Waals surface area (Å²) in [6.07, 6.45) is 0. The molecule has 1 unspecified atom stereocenters. The summed E-state index contributed by atoms with van der Waals surface area (Å²) in [6, 6.07) is 6.75. The van der Waals surface area contributed by atoms with E-state index in [0.29, 0.717) is 10.9 Å². The summed E-state index contributed by atoms with van der Waals surface area (Å²) < 4.78 is 14.1. The molecular formula is C14H15FN2OS. The van der Waals surface area contributed by atoms with Crippen molar-refractivity contribution in [3.8, 4) is 0 Å². The first kappa shape index (κ1) is 12.6. The number of hydrogen-bond acceptors (Lipinski definition) is 3. The number of nitrogens with zero attached hydrogens (tertiary/aromatic N) is 1. The van der Waals surface area contributed by atoms with Gasteiger partial charge in [0.15, 0.2) is 0 Å². The van der Waals surface area contributed by atoms with Crippen LogP contribution in [-0.4, -0.2) is 36.5 Å². The monoisotopic (exact) mass is 278 g/mol. The molecule has 0 aliphatic carbocycles. The molecule has 1 aliphatic rings. The molecule has 1 aliphatic heterocycles. The van der Waals surface area contributed by atoms with E-state index >= 15 is 0 Å². The topological polar surface area (TPSA) is 32.3 Å². The second kappa shape index (κ2) is 4.90. The van der Waals surface area contributed by atoms with Crippen molar-refractivity contribution in [2.75, 3.05) is 19.6 Å². The first-order chi connectivity index (χ1) is 9.13. The number of nitrogens with one attached hydrogen (secondary N) is 1. The van der Waals surface area contributed by atoms with Crippen LogP contribution in [0.25, 0.3) is 10.1 Å². The molecule has 2 aromatic rings. The van der Waals surface area contributed by atoms with Crippen LogP contribution in [0.2, 0.25) is 0 Å². The molecule has 1 saturated heterocycles. The van der Waals surface area contributed by atoms with E-state index in [0.717, 1.165) is 29.7 Å². The largest absolute Gasteiger partial charge is 0.335 e. The number of hydrogen-bond donors (Lipinski definition) is 1. The highest BCUT2D eigenvalue weighted by Crippen LogP contribution is 2.27. The number of halogens is 1. The minimum Gasteiger partial charge on any atom is -0.335 e. The normalized spacial score (nSPS) is 19.9. The fraction of sp³-hybridized carbons (Fsp3) is 0.357. The Bertz CT molecular complexity index is 625. The van der Waals surface area contributed by atoms with E-state index in [-0.39, 0.29) is 11.7 Å². The standard InChI is InChI=1S/C14H15FN2OS/c1-9-8-17(5-4-16-9)14(18)13-7-10-6-11(15)2-3-12(10)19-13/h2-3,6-7,9,16H,4-5,8H2,1H3. The van der Waals surface area contributed by atoms with Crippen LogP contribution in [-0.2, 0) is 0 Å². The fourth-order valence-corrected chi connectivity index (χ4v) is 3.40. The lowest BCUT2D eigenvalue weighted by molar-refractivity contribution is 0.0714. The Labute approximate surface area is 115 Å². The molecule has 2 heterocycles. The quantitative estimate of drug-likeness (QED) is 0.869. The summed E-state index contributed by atoms with van der Waals surface area (Å²) in [6.45, 7) is 4.35. The van der Waals surface area contributed by atoms with E-state index in [9.17, 15) is 9.18 Å². The second-order valence-electron chi connectivity index (χ2n) is 4.90.